The van der Waals surface area contributed by atoms with Crippen molar-refractivity contribution in [2.24, 2.45) is 5.73 Å². The smallest absolute Gasteiger partial charge is 0.317 e. The Morgan fingerprint density at radius 1 is 1.18 bits per heavy atom. The van der Waals surface area contributed by atoms with Gasteiger partial charge in [0.2, 0.25) is 5.91 Å². The van der Waals surface area contributed by atoms with Gasteiger partial charge in [0.05, 0.1) is 11.0 Å². The lowest BCUT2D eigenvalue weighted by Gasteiger charge is -2.33. The summed E-state index contributed by atoms with van der Waals surface area (Å²) in [6.45, 7) is 4.85. The van der Waals surface area contributed by atoms with Gasteiger partial charge in [-0.25, -0.2) is 9.78 Å². The fourth-order valence-corrected chi connectivity index (χ4v) is 5.10. The number of ether oxygens (including phenoxy) is 1. The Labute approximate surface area is 201 Å². The van der Waals surface area contributed by atoms with E-state index >= 15 is 0 Å². The van der Waals surface area contributed by atoms with Gasteiger partial charge in [0.15, 0.2) is 0 Å². The molecule has 0 radical (unpaired) electrons. The predicted molar refractivity (Wildman–Crippen MR) is 132 cm³/mol. The number of nitrogens with zero attached hydrogens (tertiary/aromatic N) is 4. The van der Waals surface area contributed by atoms with E-state index in [0.717, 1.165) is 75.1 Å². The lowest BCUT2D eigenvalue weighted by Crippen LogP contribution is -2.47. The van der Waals surface area contributed by atoms with Crippen molar-refractivity contribution in [3.05, 3.63) is 30.1 Å². The van der Waals surface area contributed by atoms with E-state index in [1.807, 2.05) is 28.0 Å². The van der Waals surface area contributed by atoms with E-state index in [9.17, 15) is 9.59 Å². The zero-order valence-corrected chi connectivity index (χ0v) is 20.2. The number of piperidine rings is 1. The summed E-state index contributed by atoms with van der Waals surface area (Å²) in [6, 6.07) is 7.75. The molecule has 1 aromatic heterocycles. The zero-order valence-electron chi connectivity index (χ0n) is 20.2. The highest BCUT2D eigenvalue weighted by atomic mass is 16.5. The average molecular weight is 471 g/mol. The third-order valence-corrected chi connectivity index (χ3v) is 6.90. The van der Waals surface area contributed by atoms with Crippen LogP contribution >= 0.6 is 0 Å². The number of carbonyl (C=O) groups excluding carboxylic acids is 2. The minimum absolute atomic E-state index is 0.0506. The first-order valence-corrected chi connectivity index (χ1v) is 12.6. The van der Waals surface area contributed by atoms with Gasteiger partial charge in [0.25, 0.3) is 0 Å². The number of rotatable bonds is 9. The van der Waals surface area contributed by atoms with Gasteiger partial charge in [-0.3, -0.25) is 4.79 Å². The first-order chi connectivity index (χ1) is 16.6. The minimum Gasteiger partial charge on any atom is -0.385 e. The maximum Gasteiger partial charge on any atom is 0.317 e. The lowest BCUT2D eigenvalue weighted by atomic mass is 9.96. The largest absolute Gasteiger partial charge is 0.385 e. The summed E-state index contributed by atoms with van der Waals surface area (Å²) >= 11 is 0. The number of imidazole rings is 1. The molecule has 2 atom stereocenters. The van der Waals surface area contributed by atoms with Crippen molar-refractivity contribution in [3.63, 3.8) is 0 Å². The number of urea groups is 1. The van der Waals surface area contributed by atoms with Crippen LogP contribution in [0, 0.1) is 0 Å². The Bertz CT molecular complexity index is 971. The van der Waals surface area contributed by atoms with Gasteiger partial charge in [0.1, 0.15) is 5.82 Å². The van der Waals surface area contributed by atoms with E-state index in [-0.39, 0.29) is 24.3 Å². The third kappa shape index (κ3) is 5.88. The molecule has 2 saturated heterocycles. The van der Waals surface area contributed by atoms with Gasteiger partial charge in [-0.15, -0.1) is 0 Å². The van der Waals surface area contributed by atoms with Crippen LogP contribution in [-0.4, -0.2) is 83.8 Å². The van der Waals surface area contributed by atoms with Gasteiger partial charge in [-0.1, -0.05) is 12.1 Å². The molecule has 0 bridgehead atoms. The number of nitrogens with one attached hydrogen (secondary N) is 1. The number of benzene rings is 1. The van der Waals surface area contributed by atoms with Crippen LogP contribution in [0.15, 0.2) is 24.3 Å². The topological polar surface area (TPSA) is 106 Å². The van der Waals surface area contributed by atoms with Gasteiger partial charge in [0, 0.05) is 71.4 Å². The van der Waals surface area contributed by atoms with E-state index in [4.69, 9.17) is 15.5 Å². The predicted octanol–water partition coefficient (Wildman–Crippen LogP) is 2.30. The number of aryl methyl sites for hydroxylation is 1. The number of hydrogen-bond donors (Lipinski definition) is 2. The summed E-state index contributed by atoms with van der Waals surface area (Å²) in [4.78, 5) is 33.9. The molecule has 0 saturated carbocycles. The van der Waals surface area contributed by atoms with E-state index < -0.39 is 6.04 Å². The molecule has 9 heteroatoms. The summed E-state index contributed by atoms with van der Waals surface area (Å²) in [7, 11) is 1.72. The molecular formula is C25H38N6O3. The van der Waals surface area contributed by atoms with Crippen molar-refractivity contribution < 1.29 is 14.3 Å². The molecule has 34 heavy (non-hydrogen) atoms. The molecule has 2 fully saturated rings. The molecule has 2 aliphatic rings. The quantitative estimate of drug-likeness (QED) is 0.547. The second-order valence-electron chi connectivity index (χ2n) is 9.48. The van der Waals surface area contributed by atoms with Gasteiger partial charge < -0.3 is 30.2 Å². The van der Waals surface area contributed by atoms with Gasteiger partial charge in [-0.05, 0) is 44.2 Å². The number of carbonyl (C=O) groups is 2. The molecule has 0 unspecified atom stereocenters. The number of likely N-dealkylation sites (tertiary alicyclic amines) is 2. The maximum absolute atomic E-state index is 13.0. The SMILES string of the molecule is COCCCn1c([C@@H]2CCCN(C(=O)C[C@@H](N)CNC(=O)N3CCCC3)C2)nc2ccccc21. The van der Waals surface area contributed by atoms with E-state index in [1.165, 1.54) is 0 Å². The number of aromatic nitrogens is 2. The zero-order chi connectivity index (χ0) is 23.9. The number of para-hydroxylation sites is 2. The van der Waals surface area contributed by atoms with E-state index in [0.29, 0.717) is 19.7 Å². The van der Waals surface area contributed by atoms with Crippen molar-refractivity contribution >= 4 is 23.0 Å². The van der Waals surface area contributed by atoms with E-state index in [2.05, 4.69) is 16.0 Å². The summed E-state index contributed by atoms with van der Waals surface area (Å²) < 4.78 is 7.56. The molecule has 0 aliphatic carbocycles. The Kier molecular flexibility index (Phi) is 8.39. The number of hydrogen-bond acceptors (Lipinski definition) is 5. The van der Waals surface area contributed by atoms with Gasteiger partial charge in [-0.2, -0.15) is 0 Å². The molecule has 4 rings (SSSR count). The fourth-order valence-electron chi connectivity index (χ4n) is 5.10. The summed E-state index contributed by atoms with van der Waals surface area (Å²) in [5.74, 6) is 1.30. The highest BCUT2D eigenvalue weighted by Crippen LogP contribution is 2.30. The summed E-state index contributed by atoms with van der Waals surface area (Å²) in [6.07, 6.45) is 5.20. The van der Waals surface area contributed by atoms with Crippen LogP contribution in [0.2, 0.25) is 0 Å². The third-order valence-electron chi connectivity index (χ3n) is 6.90. The Balaban J connectivity index is 1.36. The molecule has 2 aliphatic heterocycles. The molecule has 2 aromatic rings. The van der Waals surface area contributed by atoms with Crippen molar-refractivity contribution in [1.82, 2.24) is 24.7 Å². The fraction of sp³-hybridized carbons (Fsp3) is 0.640. The van der Waals surface area contributed by atoms with Crippen LogP contribution < -0.4 is 11.1 Å². The monoisotopic (exact) mass is 470 g/mol. The molecule has 186 valence electrons. The van der Waals surface area contributed by atoms with Crippen molar-refractivity contribution in [1.29, 1.82) is 0 Å². The van der Waals surface area contributed by atoms with Crippen LogP contribution in [0.1, 0.15) is 50.3 Å². The Hall–Kier alpha value is -2.65. The second-order valence-corrected chi connectivity index (χ2v) is 9.48. The maximum atomic E-state index is 13.0. The minimum atomic E-state index is -0.391. The van der Waals surface area contributed by atoms with Crippen molar-refractivity contribution in [3.8, 4) is 0 Å². The Morgan fingerprint density at radius 3 is 2.74 bits per heavy atom. The van der Waals surface area contributed by atoms with Crippen LogP contribution in [0.25, 0.3) is 11.0 Å². The molecule has 3 amide bonds. The van der Waals surface area contributed by atoms with Crippen molar-refractivity contribution in [2.75, 3.05) is 46.4 Å². The van der Waals surface area contributed by atoms with Crippen LogP contribution in [0.3, 0.4) is 0 Å². The molecular weight excluding hydrogens is 432 g/mol. The first-order valence-electron chi connectivity index (χ1n) is 12.6. The standard InChI is InChI=1S/C25H38N6O3/c1-34-15-7-14-31-22-10-3-2-9-21(22)28-24(31)19-8-6-13-30(18-19)23(32)16-20(26)17-27-25(33)29-11-4-5-12-29/h2-3,9-10,19-20H,4-8,11-18,26H2,1H3,(H,27,33)/t19-,20-/m1/s1. The Morgan fingerprint density at radius 2 is 1.94 bits per heavy atom. The van der Waals surface area contributed by atoms with Crippen LogP contribution in [0.4, 0.5) is 4.79 Å². The van der Waals surface area contributed by atoms with Crippen molar-refractivity contribution in [2.45, 2.75) is 57.0 Å². The summed E-state index contributed by atoms with van der Waals surface area (Å²) in [5.41, 5.74) is 8.33. The number of amides is 3. The molecule has 0 spiro atoms. The van der Waals surface area contributed by atoms with Crippen LogP contribution in [-0.2, 0) is 16.1 Å². The first kappa shape index (κ1) is 24.5. The van der Waals surface area contributed by atoms with Gasteiger partial charge >= 0.3 is 6.03 Å². The van der Waals surface area contributed by atoms with E-state index in [1.54, 1.807) is 7.11 Å². The molecule has 3 heterocycles. The number of fused-ring (bicyclic) bond motifs is 1. The highest BCUT2D eigenvalue weighted by Gasteiger charge is 2.29. The summed E-state index contributed by atoms with van der Waals surface area (Å²) in [5, 5.41) is 2.88. The normalized spacial score (nSPS) is 19.5. The second kappa shape index (κ2) is 11.7. The molecule has 3 N–H and O–H groups in total. The highest BCUT2D eigenvalue weighted by molar-refractivity contribution is 5.78. The average Bonchev–Trinajstić information content (AvgIpc) is 3.52. The number of nitrogens with two attached hydrogens (primary N) is 1. The molecule has 1 aromatic carbocycles. The number of methoxy groups -OCH3 is 1. The lowest BCUT2D eigenvalue weighted by molar-refractivity contribution is -0.132. The molecule has 9 nitrogen and oxygen atoms in total. The van der Waals surface area contributed by atoms with Crippen LogP contribution in [0.5, 0.6) is 0 Å².